The van der Waals surface area contributed by atoms with Gasteiger partial charge in [0.15, 0.2) is 0 Å². The molecule has 0 fully saturated rings. The van der Waals surface area contributed by atoms with Gasteiger partial charge in [-0.15, -0.1) is 0 Å². The van der Waals surface area contributed by atoms with Crippen molar-refractivity contribution in [2.24, 2.45) is 23.7 Å². The molecule has 0 spiro atoms. The maximum absolute atomic E-state index is 3.88. The molecule has 4 aromatic heterocycles. The minimum Gasteiger partial charge on any atom is -0.361 e. The fraction of sp³-hybridized carbons (Fsp3) is 0.500. The number of fused-ring (bicyclic) bond motifs is 8. The molecule has 4 aromatic rings. The number of H-pyrrole nitrogens is 4. The molecule has 0 radical (unpaired) electrons. The smallest absolute Gasteiger partial charge is 0.0414 e. The van der Waals surface area contributed by atoms with Gasteiger partial charge in [-0.1, -0.05) is 55.4 Å². The first-order valence-corrected chi connectivity index (χ1v) is 13.9. The van der Waals surface area contributed by atoms with Crippen LogP contribution in [0.4, 0.5) is 0 Å². The number of aromatic nitrogens is 4. The number of nitrogens with one attached hydrogen (secondary N) is 4. The van der Waals surface area contributed by atoms with Crippen molar-refractivity contribution in [1.29, 1.82) is 0 Å². The van der Waals surface area contributed by atoms with Crippen LogP contribution < -0.4 is 0 Å². The van der Waals surface area contributed by atoms with E-state index in [1.54, 1.807) is 0 Å². The van der Waals surface area contributed by atoms with Crippen LogP contribution in [0.3, 0.4) is 0 Å². The van der Waals surface area contributed by atoms with Crippen molar-refractivity contribution >= 4 is 0 Å². The van der Waals surface area contributed by atoms with Gasteiger partial charge < -0.3 is 19.9 Å². The normalized spacial score (nSPS) is 22.3. The topological polar surface area (TPSA) is 63.2 Å². The van der Waals surface area contributed by atoms with Crippen molar-refractivity contribution in [1.82, 2.24) is 19.9 Å². The molecule has 0 amide bonds. The average molecular weight is 485 g/mol. The largest absolute Gasteiger partial charge is 0.361 e. The number of hydrogen-bond acceptors (Lipinski definition) is 0. The summed E-state index contributed by atoms with van der Waals surface area (Å²) in [5, 5.41) is 0. The third-order valence-electron chi connectivity index (χ3n) is 8.27. The van der Waals surface area contributed by atoms with E-state index < -0.39 is 0 Å². The van der Waals surface area contributed by atoms with E-state index in [4.69, 9.17) is 0 Å². The van der Waals surface area contributed by atoms with Gasteiger partial charge in [0.25, 0.3) is 0 Å². The molecule has 0 aromatic carbocycles. The molecule has 1 aliphatic rings. The highest BCUT2D eigenvalue weighted by Gasteiger charge is 2.30. The molecule has 0 unspecified atom stereocenters. The van der Waals surface area contributed by atoms with Gasteiger partial charge in [0.05, 0.1) is 0 Å². The Hall–Kier alpha value is -2.88. The summed E-state index contributed by atoms with van der Waals surface area (Å²) >= 11 is 0. The van der Waals surface area contributed by atoms with E-state index in [1.165, 1.54) is 45.6 Å². The van der Waals surface area contributed by atoms with Gasteiger partial charge in [-0.3, -0.25) is 0 Å². The zero-order valence-corrected chi connectivity index (χ0v) is 23.2. The van der Waals surface area contributed by atoms with E-state index in [9.17, 15) is 0 Å². The molecule has 0 atom stereocenters. The van der Waals surface area contributed by atoms with Gasteiger partial charge in [0.1, 0.15) is 0 Å². The first kappa shape index (κ1) is 24.8. The first-order chi connectivity index (χ1) is 17.2. The summed E-state index contributed by atoms with van der Waals surface area (Å²) in [7, 11) is 0. The first-order valence-electron chi connectivity index (χ1n) is 13.9. The van der Waals surface area contributed by atoms with Crippen molar-refractivity contribution < 1.29 is 0 Å². The van der Waals surface area contributed by atoms with Gasteiger partial charge in [0.2, 0.25) is 0 Å². The van der Waals surface area contributed by atoms with Crippen molar-refractivity contribution in [2.45, 2.75) is 79.1 Å². The summed E-state index contributed by atoms with van der Waals surface area (Å²) in [5.74, 6) is 3.07. The summed E-state index contributed by atoms with van der Waals surface area (Å²) < 4.78 is 0. The summed E-state index contributed by atoms with van der Waals surface area (Å²) in [5.41, 5.74) is 10.3. The Morgan fingerprint density at radius 1 is 0.333 bits per heavy atom. The number of rotatable bonds is 4. The Labute approximate surface area is 216 Å². The molecule has 4 heteroatoms. The second-order valence-electron chi connectivity index (χ2n) is 12.4. The lowest BCUT2D eigenvalue weighted by molar-refractivity contribution is 0.511. The highest BCUT2D eigenvalue weighted by atomic mass is 14.8. The summed E-state index contributed by atoms with van der Waals surface area (Å²) in [4.78, 5) is 15.5. The molecule has 0 saturated heterocycles. The van der Waals surface area contributed by atoms with Crippen LogP contribution in [0, 0.1) is 23.7 Å². The highest BCUT2D eigenvalue weighted by Crippen LogP contribution is 2.40. The van der Waals surface area contributed by atoms with Crippen molar-refractivity contribution in [3.05, 3.63) is 94.1 Å². The SMILES string of the molecule is CC(C)C1c2ccc([nH]2)C(C(C)C)c2ccc([nH]2)C(C(C)C)c2ccc([nH]2)C(C(C)C)c2ccc1[nH]2. The molecule has 5 heterocycles. The lowest BCUT2D eigenvalue weighted by Gasteiger charge is -2.24. The van der Waals surface area contributed by atoms with Gasteiger partial charge in [-0.2, -0.15) is 0 Å². The minimum atomic E-state index is 0.296. The molecular formula is C32H44N4. The molecule has 1 aliphatic heterocycles. The van der Waals surface area contributed by atoms with E-state index >= 15 is 0 Å². The zero-order chi connectivity index (χ0) is 25.7. The zero-order valence-electron chi connectivity index (χ0n) is 23.2. The van der Waals surface area contributed by atoms with Crippen LogP contribution >= 0.6 is 0 Å². The summed E-state index contributed by atoms with van der Waals surface area (Å²) in [6.07, 6.45) is 0. The highest BCUT2D eigenvalue weighted by molar-refractivity contribution is 5.38. The molecule has 5 rings (SSSR count). The number of aromatic amines is 4. The maximum Gasteiger partial charge on any atom is 0.0414 e. The van der Waals surface area contributed by atoms with Crippen molar-refractivity contribution in [3.63, 3.8) is 0 Å². The Balaban J connectivity index is 1.73. The quantitative estimate of drug-likeness (QED) is 0.224. The van der Waals surface area contributed by atoms with E-state index in [1.807, 2.05) is 0 Å². The Morgan fingerprint density at radius 3 is 0.583 bits per heavy atom. The molecule has 8 bridgehead atoms. The molecule has 4 N–H and O–H groups in total. The van der Waals surface area contributed by atoms with Crippen LogP contribution in [-0.4, -0.2) is 19.9 Å². The molecule has 36 heavy (non-hydrogen) atoms. The van der Waals surface area contributed by atoms with Crippen LogP contribution in [0.5, 0.6) is 0 Å². The van der Waals surface area contributed by atoms with Gasteiger partial charge in [-0.05, 0) is 72.2 Å². The predicted octanol–water partition coefficient (Wildman–Crippen LogP) is 8.46. The lowest BCUT2D eigenvalue weighted by atomic mass is 9.89. The molecule has 0 aliphatic carbocycles. The van der Waals surface area contributed by atoms with Crippen LogP contribution in [0.2, 0.25) is 0 Å². The fourth-order valence-corrected chi connectivity index (χ4v) is 6.71. The molecule has 192 valence electrons. The van der Waals surface area contributed by atoms with Crippen LogP contribution in [0.1, 0.15) is 125 Å². The maximum atomic E-state index is 3.88. The fourth-order valence-electron chi connectivity index (χ4n) is 6.71. The Kier molecular flexibility index (Phi) is 6.57. The van der Waals surface area contributed by atoms with Crippen LogP contribution in [-0.2, 0) is 0 Å². The summed E-state index contributed by atoms with van der Waals surface area (Å²) in [6.45, 7) is 18.6. The predicted molar refractivity (Wildman–Crippen MR) is 150 cm³/mol. The third kappa shape index (κ3) is 4.29. The van der Waals surface area contributed by atoms with Gasteiger partial charge in [-0.25, -0.2) is 0 Å². The van der Waals surface area contributed by atoms with Crippen LogP contribution in [0.25, 0.3) is 0 Å². The van der Waals surface area contributed by atoms with E-state index in [0.717, 1.165) is 0 Å². The Morgan fingerprint density at radius 2 is 0.472 bits per heavy atom. The number of hydrogen-bond donors (Lipinski definition) is 4. The minimum absolute atomic E-state index is 0.296. The standard InChI is InChI=1S/C32H44N4/c1-17(2)29-21-9-11-23(33-21)30(18(3)4)25-13-15-27(35-25)32(20(7)8)28-16-14-26(36-28)31(19(5)6)24-12-10-22(29)34-24/h9-20,29-36H,1-8H3. The second kappa shape index (κ2) is 9.53. The van der Waals surface area contributed by atoms with Crippen molar-refractivity contribution in [2.75, 3.05) is 0 Å². The van der Waals surface area contributed by atoms with E-state index in [2.05, 4.69) is 124 Å². The van der Waals surface area contributed by atoms with Crippen molar-refractivity contribution in [3.8, 4) is 0 Å². The molecule has 4 nitrogen and oxygen atoms in total. The van der Waals surface area contributed by atoms with Gasteiger partial charge >= 0.3 is 0 Å². The molecular weight excluding hydrogens is 440 g/mol. The van der Waals surface area contributed by atoms with Gasteiger partial charge in [0, 0.05) is 69.2 Å². The monoisotopic (exact) mass is 484 g/mol. The van der Waals surface area contributed by atoms with E-state index in [0.29, 0.717) is 47.3 Å². The average Bonchev–Trinajstić information content (AvgIpc) is 3.57. The van der Waals surface area contributed by atoms with Crippen LogP contribution in [0.15, 0.2) is 48.5 Å². The second-order valence-corrected chi connectivity index (χ2v) is 12.4. The van der Waals surface area contributed by atoms with E-state index in [-0.39, 0.29) is 0 Å². The summed E-state index contributed by atoms with van der Waals surface area (Å²) in [6, 6.07) is 18.5. The molecule has 0 saturated carbocycles. The Bertz CT molecular complexity index is 1020. The third-order valence-corrected chi connectivity index (χ3v) is 8.27. The lowest BCUT2D eigenvalue weighted by Crippen LogP contribution is -2.15.